The van der Waals surface area contributed by atoms with Crippen molar-refractivity contribution in [3.63, 3.8) is 0 Å². The molecule has 0 aromatic carbocycles. The van der Waals surface area contributed by atoms with Crippen LogP contribution in [0.5, 0.6) is 0 Å². The quantitative estimate of drug-likeness (QED) is 0.586. The van der Waals surface area contributed by atoms with Crippen LogP contribution in [0.3, 0.4) is 0 Å². The normalized spacial score (nSPS) is 14.9. The molecule has 0 bridgehead atoms. The Morgan fingerprint density at radius 3 is 2.50 bits per heavy atom. The zero-order chi connectivity index (χ0) is 21.3. The minimum Gasteiger partial charge on any atom is -0.354 e. The van der Waals surface area contributed by atoms with E-state index >= 15 is 0 Å². The lowest BCUT2D eigenvalue weighted by atomic mass is 9.97. The Kier molecular flexibility index (Phi) is 5.34. The number of carbonyl (C=O) groups excluding carboxylic acids is 1. The van der Waals surface area contributed by atoms with Crippen molar-refractivity contribution < 1.29 is 4.79 Å². The largest absolute Gasteiger partial charge is 0.354 e. The van der Waals surface area contributed by atoms with E-state index in [9.17, 15) is 14.4 Å². The van der Waals surface area contributed by atoms with Crippen LogP contribution in [-0.4, -0.2) is 54.2 Å². The maximum Gasteiger partial charge on any atom is 0.332 e. The lowest BCUT2D eigenvalue weighted by molar-refractivity contribution is -0.121. The Labute approximate surface area is 172 Å². The van der Waals surface area contributed by atoms with Gasteiger partial charge in [-0.3, -0.25) is 18.7 Å². The highest BCUT2D eigenvalue weighted by Crippen LogP contribution is 2.19. The first-order chi connectivity index (χ1) is 14.5. The van der Waals surface area contributed by atoms with Crippen molar-refractivity contribution in [1.82, 2.24) is 34.0 Å². The average Bonchev–Trinajstić information content (AvgIpc) is 3.19. The van der Waals surface area contributed by atoms with Gasteiger partial charge in [-0.15, -0.1) is 0 Å². The van der Waals surface area contributed by atoms with E-state index in [0.29, 0.717) is 12.5 Å². The molecule has 0 aliphatic carbocycles. The molecule has 1 N–H and O–H groups in total. The van der Waals surface area contributed by atoms with Gasteiger partial charge in [0.25, 0.3) is 5.56 Å². The molecule has 0 atom stereocenters. The van der Waals surface area contributed by atoms with Crippen molar-refractivity contribution in [2.75, 3.05) is 24.5 Å². The second kappa shape index (κ2) is 8.09. The first-order valence-electron chi connectivity index (χ1n) is 9.85. The van der Waals surface area contributed by atoms with Crippen LogP contribution in [0.4, 0.5) is 5.95 Å². The van der Waals surface area contributed by atoms with Gasteiger partial charge in [0.05, 0.1) is 6.33 Å². The lowest BCUT2D eigenvalue weighted by Gasteiger charge is -2.31. The van der Waals surface area contributed by atoms with Crippen LogP contribution in [0.15, 0.2) is 34.4 Å². The van der Waals surface area contributed by atoms with Crippen molar-refractivity contribution in [1.29, 1.82) is 0 Å². The van der Waals surface area contributed by atoms with Gasteiger partial charge in [0.15, 0.2) is 11.2 Å². The Morgan fingerprint density at radius 1 is 1.10 bits per heavy atom. The fourth-order valence-electron chi connectivity index (χ4n) is 3.78. The summed E-state index contributed by atoms with van der Waals surface area (Å²) < 4.78 is 3.81. The second-order valence-corrected chi connectivity index (χ2v) is 7.53. The number of rotatable bonds is 5. The standard InChI is InChI=1S/C19H24N8O3/c1-24-16-15(17(29)25(2)19(24)30)27(12-23-16)11-14(28)22-10-13-4-8-26(9-5-13)18-20-6-3-7-21-18/h3,6-7,12-13H,4-5,8-11H2,1-2H3,(H,22,28). The number of amides is 1. The van der Waals surface area contributed by atoms with Crippen molar-refractivity contribution >= 4 is 23.0 Å². The summed E-state index contributed by atoms with van der Waals surface area (Å²) in [7, 11) is 2.96. The minimum atomic E-state index is -0.464. The molecule has 158 valence electrons. The summed E-state index contributed by atoms with van der Waals surface area (Å²) in [5.74, 6) is 0.920. The van der Waals surface area contributed by atoms with E-state index in [1.807, 2.05) is 0 Å². The highest BCUT2D eigenvalue weighted by Gasteiger charge is 2.22. The fraction of sp³-hybridized carbons (Fsp3) is 0.474. The second-order valence-electron chi connectivity index (χ2n) is 7.53. The van der Waals surface area contributed by atoms with Crippen LogP contribution < -0.4 is 21.5 Å². The van der Waals surface area contributed by atoms with Crippen molar-refractivity contribution in [3.05, 3.63) is 45.6 Å². The smallest absolute Gasteiger partial charge is 0.332 e. The molecule has 0 spiro atoms. The third-order valence-electron chi connectivity index (χ3n) is 5.57. The highest BCUT2D eigenvalue weighted by atomic mass is 16.2. The average molecular weight is 412 g/mol. The number of aryl methyl sites for hydroxylation is 1. The van der Waals surface area contributed by atoms with Crippen molar-refractivity contribution in [2.45, 2.75) is 19.4 Å². The van der Waals surface area contributed by atoms with Crippen LogP contribution in [0, 0.1) is 5.92 Å². The Hall–Kier alpha value is -3.50. The van der Waals surface area contributed by atoms with Gasteiger partial charge in [-0.1, -0.05) is 0 Å². The number of piperidine rings is 1. The maximum atomic E-state index is 12.5. The molecular weight excluding hydrogens is 388 g/mol. The molecule has 0 unspecified atom stereocenters. The number of nitrogens with one attached hydrogen (secondary N) is 1. The minimum absolute atomic E-state index is 0.0271. The lowest BCUT2D eigenvalue weighted by Crippen LogP contribution is -2.40. The molecule has 30 heavy (non-hydrogen) atoms. The van der Waals surface area contributed by atoms with Gasteiger partial charge in [0.1, 0.15) is 6.54 Å². The molecule has 0 radical (unpaired) electrons. The van der Waals surface area contributed by atoms with E-state index in [1.54, 1.807) is 25.5 Å². The van der Waals surface area contributed by atoms with Gasteiger partial charge in [-0.2, -0.15) is 0 Å². The number of imidazole rings is 1. The van der Waals surface area contributed by atoms with E-state index in [4.69, 9.17) is 0 Å². The summed E-state index contributed by atoms with van der Waals surface area (Å²) in [4.78, 5) is 51.8. The van der Waals surface area contributed by atoms with Gasteiger partial charge >= 0.3 is 5.69 Å². The molecule has 4 rings (SSSR count). The topological polar surface area (TPSA) is 120 Å². The Morgan fingerprint density at radius 2 is 1.80 bits per heavy atom. The summed E-state index contributed by atoms with van der Waals surface area (Å²) in [5.41, 5.74) is -0.402. The number of hydrogen-bond donors (Lipinski definition) is 1. The van der Waals surface area contributed by atoms with Gasteiger partial charge in [-0.25, -0.2) is 19.7 Å². The number of nitrogens with zero attached hydrogens (tertiary/aromatic N) is 7. The Bertz CT molecular complexity index is 1170. The SMILES string of the molecule is Cn1c(=O)c2c(ncn2CC(=O)NCC2CCN(c3ncccn3)CC2)n(C)c1=O. The van der Waals surface area contributed by atoms with Crippen LogP contribution in [0.2, 0.25) is 0 Å². The maximum absolute atomic E-state index is 12.5. The number of hydrogen-bond acceptors (Lipinski definition) is 7. The highest BCUT2D eigenvalue weighted by molar-refractivity contribution is 5.78. The predicted octanol–water partition coefficient (Wildman–Crippen LogP) is -0.743. The molecule has 3 aromatic rings. The first-order valence-corrected chi connectivity index (χ1v) is 9.85. The summed E-state index contributed by atoms with van der Waals surface area (Å²) >= 11 is 0. The molecule has 3 aromatic heterocycles. The first kappa shape index (κ1) is 19.8. The van der Waals surface area contributed by atoms with Gasteiger partial charge in [0.2, 0.25) is 11.9 Å². The van der Waals surface area contributed by atoms with Crippen LogP contribution in [-0.2, 0) is 25.4 Å². The summed E-state index contributed by atoms with van der Waals surface area (Å²) in [6, 6.07) is 1.80. The number of aromatic nitrogens is 6. The van der Waals surface area contributed by atoms with Crippen molar-refractivity contribution in [3.8, 4) is 0 Å². The molecule has 4 heterocycles. The molecule has 1 aliphatic rings. The van der Waals surface area contributed by atoms with Gasteiger partial charge in [-0.05, 0) is 24.8 Å². The van der Waals surface area contributed by atoms with Gasteiger partial charge in [0, 0.05) is 46.1 Å². The van der Waals surface area contributed by atoms with Gasteiger partial charge < -0.3 is 14.8 Å². The number of fused-ring (bicyclic) bond motifs is 1. The molecule has 1 amide bonds. The molecule has 11 nitrogen and oxygen atoms in total. The van der Waals surface area contributed by atoms with Crippen LogP contribution in [0.1, 0.15) is 12.8 Å². The summed E-state index contributed by atoms with van der Waals surface area (Å²) in [6.07, 6.45) is 6.77. The summed E-state index contributed by atoms with van der Waals surface area (Å²) in [5, 5.41) is 2.96. The molecule has 0 saturated carbocycles. The third kappa shape index (κ3) is 3.70. The third-order valence-corrected chi connectivity index (χ3v) is 5.57. The van der Waals surface area contributed by atoms with Crippen LogP contribution >= 0.6 is 0 Å². The zero-order valence-corrected chi connectivity index (χ0v) is 17.0. The Balaban J connectivity index is 1.35. The number of anilines is 1. The van der Waals surface area contributed by atoms with E-state index < -0.39 is 11.2 Å². The monoisotopic (exact) mass is 412 g/mol. The molecule has 11 heteroatoms. The van der Waals surface area contributed by atoms with E-state index in [0.717, 1.165) is 36.4 Å². The van der Waals surface area contributed by atoms with Crippen LogP contribution in [0.25, 0.3) is 11.2 Å². The summed E-state index contributed by atoms with van der Waals surface area (Å²) in [6.45, 7) is 2.24. The zero-order valence-electron chi connectivity index (χ0n) is 17.0. The van der Waals surface area contributed by atoms with Crippen molar-refractivity contribution in [2.24, 2.45) is 20.0 Å². The molecule has 1 saturated heterocycles. The van der Waals surface area contributed by atoms with E-state index in [-0.39, 0.29) is 23.6 Å². The van der Waals surface area contributed by atoms with E-state index in [1.165, 1.54) is 22.5 Å². The molecular formula is C19H24N8O3. The molecule has 1 aliphatic heterocycles. The van der Waals surface area contributed by atoms with E-state index in [2.05, 4.69) is 25.2 Å². The molecule has 1 fully saturated rings. The number of carbonyl (C=O) groups is 1. The fourth-order valence-corrected chi connectivity index (χ4v) is 3.78. The predicted molar refractivity (Wildman–Crippen MR) is 110 cm³/mol.